The van der Waals surface area contributed by atoms with Crippen LogP contribution in [0.2, 0.25) is 0 Å². The maximum absolute atomic E-state index is 11.7. The fraction of sp³-hybridized carbons (Fsp3) is 0.462. The lowest BCUT2D eigenvalue weighted by Gasteiger charge is -2.04. The molecule has 1 aromatic heterocycles. The summed E-state index contributed by atoms with van der Waals surface area (Å²) in [6, 6.07) is 1.82. The summed E-state index contributed by atoms with van der Waals surface area (Å²) in [6.45, 7) is 0.507. The third-order valence-electron chi connectivity index (χ3n) is 2.48. The van der Waals surface area contributed by atoms with Crippen LogP contribution < -0.4 is 10.5 Å². The van der Waals surface area contributed by atoms with Crippen molar-refractivity contribution >= 4 is 27.3 Å². The third kappa shape index (κ3) is 7.24. The van der Waals surface area contributed by atoms with Crippen molar-refractivity contribution in [1.82, 2.24) is 4.72 Å². The highest BCUT2D eigenvalue weighted by Gasteiger charge is 2.12. The Morgan fingerprint density at radius 3 is 2.95 bits per heavy atom. The van der Waals surface area contributed by atoms with Gasteiger partial charge in [-0.15, -0.1) is 11.3 Å². The Labute approximate surface area is 128 Å². The Morgan fingerprint density at radius 2 is 2.29 bits per heavy atom. The third-order valence-corrected chi connectivity index (χ3v) is 4.82. The van der Waals surface area contributed by atoms with Crippen LogP contribution in [0, 0.1) is 11.8 Å². The maximum Gasteiger partial charge on any atom is 0.305 e. The lowest BCUT2D eigenvalue weighted by atomic mass is 10.3. The minimum Gasteiger partial charge on any atom is -0.469 e. The van der Waals surface area contributed by atoms with E-state index in [0.717, 1.165) is 10.4 Å². The molecule has 0 amide bonds. The molecule has 0 unspecified atom stereocenters. The number of hydrogen-bond donors (Lipinski definition) is 2. The SMILES string of the molecule is COC(=O)CCCS(=O)(=O)NCc1cc(C#CCN)cs1. The summed E-state index contributed by atoms with van der Waals surface area (Å²) in [6.07, 6.45) is 0.328. The molecule has 116 valence electrons. The van der Waals surface area contributed by atoms with Crippen molar-refractivity contribution in [1.29, 1.82) is 0 Å². The largest absolute Gasteiger partial charge is 0.469 e. The van der Waals surface area contributed by atoms with Crippen LogP contribution in [0.1, 0.15) is 23.3 Å². The van der Waals surface area contributed by atoms with E-state index in [9.17, 15) is 13.2 Å². The molecule has 0 fully saturated rings. The predicted molar refractivity (Wildman–Crippen MR) is 82.1 cm³/mol. The molecule has 1 heterocycles. The summed E-state index contributed by atoms with van der Waals surface area (Å²) in [7, 11) is -2.12. The van der Waals surface area contributed by atoms with Crippen LogP contribution in [0.15, 0.2) is 11.4 Å². The fourth-order valence-corrected chi connectivity index (χ4v) is 3.35. The molecule has 3 N–H and O–H groups in total. The number of methoxy groups -OCH3 is 1. The second-order valence-corrected chi connectivity index (χ2v) is 7.05. The number of carbonyl (C=O) groups is 1. The van der Waals surface area contributed by atoms with Gasteiger partial charge in [0.25, 0.3) is 0 Å². The molecule has 8 heteroatoms. The lowest BCUT2D eigenvalue weighted by Crippen LogP contribution is -2.26. The zero-order valence-corrected chi connectivity index (χ0v) is 13.4. The number of sulfonamides is 1. The van der Waals surface area contributed by atoms with Crippen LogP contribution in [0.4, 0.5) is 0 Å². The smallest absolute Gasteiger partial charge is 0.305 e. The van der Waals surface area contributed by atoms with Crippen LogP contribution in [0.25, 0.3) is 0 Å². The van der Waals surface area contributed by atoms with Crippen molar-refractivity contribution in [2.45, 2.75) is 19.4 Å². The molecule has 0 aromatic carbocycles. The van der Waals surface area contributed by atoms with Gasteiger partial charge in [0, 0.05) is 28.8 Å². The topological polar surface area (TPSA) is 98.5 Å². The van der Waals surface area contributed by atoms with Gasteiger partial charge < -0.3 is 10.5 Å². The summed E-state index contributed by atoms with van der Waals surface area (Å²) in [5.74, 6) is 5.10. The van der Waals surface area contributed by atoms with Crippen molar-refractivity contribution in [3.8, 4) is 11.8 Å². The molecule has 1 rings (SSSR count). The summed E-state index contributed by atoms with van der Waals surface area (Å²) >= 11 is 1.43. The molecule has 21 heavy (non-hydrogen) atoms. The van der Waals surface area contributed by atoms with Crippen LogP contribution in [0.5, 0.6) is 0 Å². The van der Waals surface area contributed by atoms with Gasteiger partial charge in [0.2, 0.25) is 10.0 Å². The lowest BCUT2D eigenvalue weighted by molar-refractivity contribution is -0.140. The van der Waals surface area contributed by atoms with Crippen LogP contribution in [0.3, 0.4) is 0 Å². The molecule has 0 aliphatic rings. The molecule has 0 aliphatic heterocycles. The highest BCUT2D eigenvalue weighted by molar-refractivity contribution is 7.89. The van der Waals surface area contributed by atoms with E-state index >= 15 is 0 Å². The van der Waals surface area contributed by atoms with Gasteiger partial charge in [-0.2, -0.15) is 0 Å². The van der Waals surface area contributed by atoms with Crippen LogP contribution >= 0.6 is 11.3 Å². The summed E-state index contributed by atoms with van der Waals surface area (Å²) in [5.41, 5.74) is 6.11. The number of thiophene rings is 1. The Kier molecular flexibility index (Phi) is 7.39. The monoisotopic (exact) mass is 330 g/mol. The summed E-state index contributed by atoms with van der Waals surface area (Å²) in [4.78, 5) is 11.8. The molecule has 1 aromatic rings. The Hall–Kier alpha value is -1.40. The van der Waals surface area contributed by atoms with Gasteiger partial charge in [-0.25, -0.2) is 13.1 Å². The summed E-state index contributed by atoms with van der Waals surface area (Å²) in [5, 5.41) is 1.85. The first-order chi connectivity index (χ1) is 9.96. The Balaban J connectivity index is 2.42. The van der Waals surface area contributed by atoms with E-state index in [0.29, 0.717) is 0 Å². The van der Waals surface area contributed by atoms with Crippen molar-refractivity contribution in [3.05, 3.63) is 21.9 Å². The quantitative estimate of drug-likeness (QED) is 0.558. The summed E-state index contributed by atoms with van der Waals surface area (Å²) < 4.78 is 30.4. The number of nitrogens with two attached hydrogens (primary N) is 1. The molecular formula is C13H18N2O4S2. The van der Waals surface area contributed by atoms with Crippen molar-refractivity contribution in [2.75, 3.05) is 19.4 Å². The minimum atomic E-state index is -3.40. The van der Waals surface area contributed by atoms with E-state index in [-0.39, 0.29) is 31.7 Å². The highest BCUT2D eigenvalue weighted by atomic mass is 32.2. The second kappa shape index (κ2) is 8.79. The standard InChI is InChI=1S/C13H18N2O4S2/c1-19-13(16)5-3-7-21(17,18)15-9-12-8-11(10-20-12)4-2-6-14/h8,10,15H,3,5-7,9,14H2,1H3. The van der Waals surface area contributed by atoms with E-state index in [1.165, 1.54) is 18.4 Å². The number of hydrogen-bond acceptors (Lipinski definition) is 6. The Bertz CT molecular complexity index is 626. The van der Waals surface area contributed by atoms with Crippen LogP contribution in [-0.4, -0.2) is 33.8 Å². The number of rotatable bonds is 7. The zero-order chi connectivity index (χ0) is 15.7. The molecule has 0 spiro atoms. The van der Waals surface area contributed by atoms with Gasteiger partial charge in [0.05, 0.1) is 19.4 Å². The van der Waals surface area contributed by atoms with Crippen LogP contribution in [-0.2, 0) is 26.1 Å². The van der Waals surface area contributed by atoms with Gasteiger partial charge in [0.15, 0.2) is 0 Å². The van der Waals surface area contributed by atoms with Crippen molar-refractivity contribution in [2.24, 2.45) is 5.73 Å². The first kappa shape index (κ1) is 17.7. The first-order valence-electron chi connectivity index (χ1n) is 6.27. The average Bonchev–Trinajstić information content (AvgIpc) is 2.90. The minimum absolute atomic E-state index is 0.0925. The number of ether oxygens (including phenoxy) is 1. The molecule has 0 bridgehead atoms. The van der Waals surface area contributed by atoms with Gasteiger partial charge >= 0.3 is 5.97 Å². The van der Waals surface area contributed by atoms with E-state index < -0.39 is 16.0 Å². The molecule has 0 atom stereocenters. The molecular weight excluding hydrogens is 312 g/mol. The molecule has 0 saturated carbocycles. The van der Waals surface area contributed by atoms with E-state index in [4.69, 9.17) is 5.73 Å². The molecule has 0 aliphatic carbocycles. The number of nitrogens with one attached hydrogen (secondary N) is 1. The molecule has 0 saturated heterocycles. The van der Waals surface area contributed by atoms with E-state index in [1.54, 1.807) is 0 Å². The molecule has 6 nitrogen and oxygen atoms in total. The van der Waals surface area contributed by atoms with E-state index in [2.05, 4.69) is 21.3 Å². The van der Waals surface area contributed by atoms with Crippen molar-refractivity contribution in [3.63, 3.8) is 0 Å². The average molecular weight is 330 g/mol. The van der Waals surface area contributed by atoms with Gasteiger partial charge in [0.1, 0.15) is 0 Å². The van der Waals surface area contributed by atoms with Crippen molar-refractivity contribution < 1.29 is 17.9 Å². The van der Waals surface area contributed by atoms with E-state index in [1.807, 2.05) is 11.4 Å². The second-order valence-electron chi connectivity index (χ2n) is 4.13. The number of carbonyl (C=O) groups excluding carboxylic acids is 1. The van der Waals surface area contributed by atoms with Gasteiger partial charge in [-0.1, -0.05) is 11.8 Å². The normalized spacial score (nSPS) is 10.8. The Morgan fingerprint density at radius 1 is 1.52 bits per heavy atom. The highest BCUT2D eigenvalue weighted by Crippen LogP contribution is 2.14. The maximum atomic E-state index is 11.7. The van der Waals surface area contributed by atoms with Gasteiger partial charge in [-0.05, 0) is 12.5 Å². The zero-order valence-electron chi connectivity index (χ0n) is 11.7. The number of esters is 1. The van der Waals surface area contributed by atoms with Gasteiger partial charge in [-0.3, -0.25) is 4.79 Å². The predicted octanol–water partition coefficient (Wildman–Crippen LogP) is 0.431. The first-order valence-corrected chi connectivity index (χ1v) is 8.80. The fourth-order valence-electron chi connectivity index (χ4n) is 1.45. The molecule has 0 radical (unpaired) electrons.